The van der Waals surface area contributed by atoms with Gasteiger partial charge in [-0.3, -0.25) is 10.1 Å². The van der Waals surface area contributed by atoms with Gasteiger partial charge in [-0.2, -0.15) is 5.26 Å². The Balaban J connectivity index is 2.82. The van der Waals surface area contributed by atoms with Crippen LogP contribution >= 0.6 is 0 Å². The van der Waals surface area contributed by atoms with Gasteiger partial charge in [-0.25, -0.2) is 0 Å². The predicted octanol–water partition coefficient (Wildman–Crippen LogP) is 2.38. The number of allylic oxidation sites excluding steroid dienone is 2. The van der Waals surface area contributed by atoms with E-state index in [2.05, 4.69) is 0 Å². The van der Waals surface area contributed by atoms with Crippen molar-refractivity contribution >= 4 is 6.08 Å². The second kappa shape index (κ2) is 5.35. The molecule has 1 aromatic rings. The maximum atomic E-state index is 10.1. The van der Waals surface area contributed by atoms with Gasteiger partial charge in [0.25, 0.3) is 6.20 Å². The standard InChI is InChI=1S/C11H8N2O2/c12-8-11(9-13(14)15)7-6-10-4-2-1-3-5-10/h1-7,9H/b7-6+,11-9-. The van der Waals surface area contributed by atoms with E-state index in [4.69, 9.17) is 5.26 Å². The van der Waals surface area contributed by atoms with Crippen LogP contribution in [0.2, 0.25) is 0 Å². The molecule has 0 fully saturated rings. The topological polar surface area (TPSA) is 66.9 Å². The Morgan fingerprint density at radius 2 is 2.07 bits per heavy atom. The molecule has 0 bridgehead atoms. The van der Waals surface area contributed by atoms with E-state index in [9.17, 15) is 10.1 Å². The fourth-order valence-electron chi connectivity index (χ4n) is 0.973. The van der Waals surface area contributed by atoms with Crippen molar-refractivity contribution in [1.82, 2.24) is 0 Å². The average molecular weight is 200 g/mol. The molecule has 1 rings (SSSR count). The molecule has 4 heteroatoms. The monoisotopic (exact) mass is 200 g/mol. The molecule has 0 aromatic heterocycles. The van der Waals surface area contributed by atoms with Crippen LogP contribution in [0.5, 0.6) is 0 Å². The highest BCUT2D eigenvalue weighted by Crippen LogP contribution is 2.04. The summed E-state index contributed by atoms with van der Waals surface area (Å²) in [6.45, 7) is 0. The second-order valence-corrected chi connectivity index (χ2v) is 2.73. The van der Waals surface area contributed by atoms with E-state index in [1.807, 2.05) is 30.3 Å². The first-order valence-corrected chi connectivity index (χ1v) is 4.21. The molecule has 0 heterocycles. The van der Waals surface area contributed by atoms with Gasteiger partial charge in [0.1, 0.15) is 11.6 Å². The number of hydrogen-bond acceptors (Lipinski definition) is 3. The number of benzene rings is 1. The Morgan fingerprint density at radius 1 is 1.40 bits per heavy atom. The summed E-state index contributed by atoms with van der Waals surface area (Å²) in [5, 5.41) is 18.7. The number of rotatable bonds is 3. The Bertz CT molecular complexity index is 441. The molecule has 0 saturated heterocycles. The molecule has 0 atom stereocenters. The van der Waals surface area contributed by atoms with E-state index in [0.29, 0.717) is 6.20 Å². The first-order valence-electron chi connectivity index (χ1n) is 4.21. The zero-order valence-corrected chi connectivity index (χ0v) is 7.83. The summed E-state index contributed by atoms with van der Waals surface area (Å²) < 4.78 is 0. The van der Waals surface area contributed by atoms with Gasteiger partial charge in [0.2, 0.25) is 0 Å². The molecule has 15 heavy (non-hydrogen) atoms. The minimum Gasteiger partial charge on any atom is -0.259 e. The van der Waals surface area contributed by atoms with Gasteiger partial charge >= 0.3 is 0 Å². The number of hydrogen-bond donors (Lipinski definition) is 0. The van der Waals surface area contributed by atoms with Crippen LogP contribution in [0, 0.1) is 21.4 Å². The van der Waals surface area contributed by atoms with Crippen LogP contribution in [0.4, 0.5) is 0 Å². The lowest BCUT2D eigenvalue weighted by Crippen LogP contribution is -1.86. The van der Waals surface area contributed by atoms with Crippen LogP contribution in [-0.2, 0) is 0 Å². The SMILES string of the molecule is N#CC(=C\[N+](=O)[O-])/C=C/c1ccccc1. The normalized spacial score (nSPS) is 11.3. The summed E-state index contributed by atoms with van der Waals surface area (Å²) >= 11 is 0. The molecule has 0 saturated carbocycles. The van der Waals surface area contributed by atoms with Crippen molar-refractivity contribution in [3.8, 4) is 6.07 Å². The van der Waals surface area contributed by atoms with Crippen molar-refractivity contribution in [3.63, 3.8) is 0 Å². The van der Waals surface area contributed by atoms with E-state index < -0.39 is 4.92 Å². The van der Waals surface area contributed by atoms with Crippen LogP contribution in [0.25, 0.3) is 6.08 Å². The smallest absolute Gasteiger partial charge is 0.252 e. The van der Waals surface area contributed by atoms with E-state index in [1.54, 1.807) is 12.1 Å². The maximum Gasteiger partial charge on any atom is 0.252 e. The first-order chi connectivity index (χ1) is 7.22. The average Bonchev–Trinajstić information content (AvgIpc) is 2.25. The van der Waals surface area contributed by atoms with Crippen LogP contribution in [-0.4, -0.2) is 4.92 Å². The zero-order chi connectivity index (χ0) is 11.1. The Labute approximate surface area is 86.9 Å². The third-order valence-electron chi connectivity index (χ3n) is 1.63. The predicted molar refractivity (Wildman–Crippen MR) is 56.2 cm³/mol. The van der Waals surface area contributed by atoms with Crippen LogP contribution in [0.3, 0.4) is 0 Å². The zero-order valence-electron chi connectivity index (χ0n) is 7.83. The van der Waals surface area contributed by atoms with Crippen molar-refractivity contribution < 1.29 is 4.92 Å². The van der Waals surface area contributed by atoms with Crippen molar-refractivity contribution in [3.05, 3.63) is 63.9 Å². The lowest BCUT2D eigenvalue weighted by atomic mass is 10.2. The third kappa shape index (κ3) is 3.87. The summed E-state index contributed by atoms with van der Waals surface area (Å²) in [6, 6.07) is 11.0. The van der Waals surface area contributed by atoms with Gasteiger partial charge in [0.15, 0.2) is 0 Å². The molecule has 0 aliphatic heterocycles. The Morgan fingerprint density at radius 3 is 2.60 bits per heavy atom. The fourth-order valence-corrected chi connectivity index (χ4v) is 0.973. The summed E-state index contributed by atoms with van der Waals surface area (Å²) in [5.74, 6) is 0. The van der Waals surface area contributed by atoms with Crippen molar-refractivity contribution in [1.29, 1.82) is 5.26 Å². The summed E-state index contributed by atoms with van der Waals surface area (Å²) in [4.78, 5) is 9.48. The highest BCUT2D eigenvalue weighted by atomic mass is 16.6. The van der Waals surface area contributed by atoms with E-state index >= 15 is 0 Å². The fraction of sp³-hybridized carbons (Fsp3) is 0. The van der Waals surface area contributed by atoms with Gasteiger partial charge in [-0.15, -0.1) is 0 Å². The Hall–Kier alpha value is -2.41. The quantitative estimate of drug-likeness (QED) is 0.325. The minimum atomic E-state index is -0.645. The van der Waals surface area contributed by atoms with Crippen LogP contribution in [0.1, 0.15) is 5.56 Å². The number of nitriles is 1. The number of nitro groups is 1. The van der Waals surface area contributed by atoms with E-state index in [1.165, 1.54) is 6.08 Å². The van der Waals surface area contributed by atoms with Crippen molar-refractivity contribution in [2.75, 3.05) is 0 Å². The summed E-state index contributed by atoms with van der Waals surface area (Å²) in [6.07, 6.45) is 3.75. The summed E-state index contributed by atoms with van der Waals surface area (Å²) in [5.41, 5.74) is 0.908. The molecule has 0 amide bonds. The van der Waals surface area contributed by atoms with Gasteiger partial charge in [0.05, 0.1) is 4.92 Å². The van der Waals surface area contributed by atoms with Crippen molar-refractivity contribution in [2.45, 2.75) is 0 Å². The maximum absolute atomic E-state index is 10.1. The first kappa shape index (κ1) is 10.7. The van der Waals surface area contributed by atoms with Gasteiger partial charge in [-0.1, -0.05) is 36.4 Å². The molecule has 0 aliphatic rings. The molecule has 0 N–H and O–H groups in total. The molecule has 0 aliphatic carbocycles. The van der Waals surface area contributed by atoms with Gasteiger partial charge < -0.3 is 0 Å². The highest BCUT2D eigenvalue weighted by molar-refractivity contribution is 5.54. The van der Waals surface area contributed by atoms with Gasteiger partial charge in [-0.05, 0) is 11.6 Å². The molecular formula is C11H8N2O2. The molecule has 74 valence electrons. The van der Waals surface area contributed by atoms with E-state index in [0.717, 1.165) is 5.56 Å². The molecule has 0 spiro atoms. The van der Waals surface area contributed by atoms with Crippen LogP contribution < -0.4 is 0 Å². The molecule has 1 aromatic carbocycles. The van der Waals surface area contributed by atoms with Gasteiger partial charge in [0, 0.05) is 0 Å². The lowest BCUT2D eigenvalue weighted by Gasteiger charge is -1.89. The second-order valence-electron chi connectivity index (χ2n) is 2.73. The molecular weight excluding hydrogens is 192 g/mol. The largest absolute Gasteiger partial charge is 0.259 e. The summed E-state index contributed by atoms with van der Waals surface area (Å²) in [7, 11) is 0. The Kier molecular flexibility index (Phi) is 3.80. The molecule has 4 nitrogen and oxygen atoms in total. The van der Waals surface area contributed by atoms with E-state index in [-0.39, 0.29) is 5.57 Å². The minimum absolute atomic E-state index is 0.0175. The molecule has 0 unspecified atom stereocenters. The lowest BCUT2D eigenvalue weighted by molar-refractivity contribution is -0.402. The van der Waals surface area contributed by atoms with Crippen LogP contribution in [0.15, 0.2) is 48.2 Å². The highest BCUT2D eigenvalue weighted by Gasteiger charge is 1.95. The molecule has 0 radical (unpaired) electrons. The van der Waals surface area contributed by atoms with Crippen molar-refractivity contribution in [2.24, 2.45) is 0 Å². The number of nitrogens with zero attached hydrogens (tertiary/aromatic N) is 2. The third-order valence-corrected chi connectivity index (χ3v) is 1.63.